The molecule has 0 radical (unpaired) electrons. The lowest BCUT2D eigenvalue weighted by atomic mass is 9.95. The van der Waals surface area contributed by atoms with Crippen LogP contribution in [0.1, 0.15) is 22.9 Å². The highest BCUT2D eigenvalue weighted by molar-refractivity contribution is 7.08. The van der Waals surface area contributed by atoms with Crippen LogP contribution in [0.15, 0.2) is 39.8 Å². The van der Waals surface area contributed by atoms with Crippen LogP contribution < -0.4 is 0 Å². The van der Waals surface area contributed by atoms with E-state index in [1.165, 1.54) is 11.8 Å². The Balaban J connectivity index is 1.94. The Morgan fingerprint density at radius 2 is 2.10 bits per heavy atom. The molecule has 3 aromatic heterocycles. The molecular formula is C13H11N3O2S2. The Kier molecular flexibility index (Phi) is 3.62. The first kappa shape index (κ1) is 13.0. The van der Waals surface area contributed by atoms with Crippen molar-refractivity contribution in [3.8, 4) is 0 Å². The maximum absolute atomic E-state index is 10.8. The molecule has 20 heavy (non-hydrogen) atoms. The van der Waals surface area contributed by atoms with E-state index in [1.54, 1.807) is 22.7 Å². The molecule has 1 N–H and O–H groups in total. The van der Waals surface area contributed by atoms with Crippen LogP contribution in [0.2, 0.25) is 0 Å². The van der Waals surface area contributed by atoms with Gasteiger partial charge in [-0.25, -0.2) is 0 Å². The van der Waals surface area contributed by atoms with Gasteiger partial charge in [-0.15, -0.1) is 0 Å². The summed E-state index contributed by atoms with van der Waals surface area (Å²) in [6, 6.07) is 4.11. The average molecular weight is 305 g/mol. The van der Waals surface area contributed by atoms with E-state index in [1.807, 2.05) is 16.8 Å². The van der Waals surface area contributed by atoms with Crippen molar-refractivity contribution in [1.82, 2.24) is 9.97 Å². The number of H-pyrrole nitrogens is 1. The molecule has 3 heterocycles. The molecule has 0 saturated heterocycles. The standard InChI is InChI=1S/C13H11N3O2S2/c17-16(18)12-6-14-13(15-12)11(10-2-4-20-8-10)5-9-1-3-19-7-9/h1-4,6-8,11H,5H2,(H,14,15). The van der Waals surface area contributed by atoms with E-state index < -0.39 is 4.92 Å². The summed E-state index contributed by atoms with van der Waals surface area (Å²) >= 11 is 3.26. The number of nitrogens with zero attached hydrogens (tertiary/aromatic N) is 2. The van der Waals surface area contributed by atoms with Crippen molar-refractivity contribution in [2.75, 3.05) is 0 Å². The Morgan fingerprint density at radius 3 is 2.70 bits per heavy atom. The van der Waals surface area contributed by atoms with Gasteiger partial charge in [-0.3, -0.25) is 0 Å². The van der Waals surface area contributed by atoms with Gasteiger partial charge in [0.2, 0.25) is 5.82 Å². The Labute approximate surface area is 123 Å². The summed E-state index contributed by atoms with van der Waals surface area (Å²) in [6.07, 6.45) is 2.13. The molecule has 0 saturated carbocycles. The fourth-order valence-corrected chi connectivity index (χ4v) is 3.48. The third-order valence-electron chi connectivity index (χ3n) is 3.07. The zero-order valence-corrected chi connectivity index (χ0v) is 12.0. The maximum atomic E-state index is 10.8. The van der Waals surface area contributed by atoms with Gasteiger partial charge in [0.15, 0.2) is 0 Å². The second-order valence-electron chi connectivity index (χ2n) is 4.35. The average Bonchev–Trinajstić information content (AvgIpc) is 3.17. The first-order valence-corrected chi connectivity index (χ1v) is 7.85. The monoisotopic (exact) mass is 305 g/mol. The number of thiophene rings is 2. The second-order valence-corrected chi connectivity index (χ2v) is 5.91. The molecule has 0 aromatic carbocycles. The minimum atomic E-state index is -0.477. The number of aromatic nitrogens is 2. The minimum Gasteiger partial charge on any atom is -0.358 e. The normalized spacial score (nSPS) is 12.4. The van der Waals surface area contributed by atoms with Crippen LogP contribution in [0.3, 0.4) is 0 Å². The third-order valence-corrected chi connectivity index (χ3v) is 4.50. The molecule has 1 atom stereocenters. The number of nitro groups is 1. The van der Waals surface area contributed by atoms with E-state index in [0.29, 0.717) is 5.82 Å². The molecule has 0 amide bonds. The third kappa shape index (κ3) is 2.63. The summed E-state index contributed by atoms with van der Waals surface area (Å²) in [5.74, 6) is 0.524. The lowest BCUT2D eigenvalue weighted by Crippen LogP contribution is -2.05. The van der Waals surface area contributed by atoms with Crippen molar-refractivity contribution in [3.63, 3.8) is 0 Å². The second kappa shape index (κ2) is 5.56. The van der Waals surface area contributed by atoms with E-state index in [4.69, 9.17) is 0 Å². The Bertz CT molecular complexity index is 689. The van der Waals surface area contributed by atoms with Gasteiger partial charge in [-0.05, 0) is 61.1 Å². The first-order chi connectivity index (χ1) is 9.74. The number of hydrogen-bond donors (Lipinski definition) is 1. The molecule has 3 aromatic rings. The van der Waals surface area contributed by atoms with Crippen molar-refractivity contribution in [2.24, 2.45) is 0 Å². The van der Waals surface area contributed by atoms with Gasteiger partial charge in [0, 0.05) is 0 Å². The number of aromatic amines is 1. The predicted octanol–water partition coefficient (Wildman–Crippen LogP) is 3.82. The first-order valence-electron chi connectivity index (χ1n) is 5.97. The van der Waals surface area contributed by atoms with E-state index in [9.17, 15) is 10.1 Å². The molecule has 0 spiro atoms. The van der Waals surface area contributed by atoms with E-state index in [2.05, 4.69) is 26.8 Å². The minimum absolute atomic E-state index is 0.0181. The summed E-state index contributed by atoms with van der Waals surface area (Å²) in [5.41, 5.74) is 2.34. The van der Waals surface area contributed by atoms with E-state index >= 15 is 0 Å². The molecule has 0 aliphatic carbocycles. The molecule has 102 valence electrons. The topological polar surface area (TPSA) is 71.8 Å². The Hall–Kier alpha value is -1.99. The van der Waals surface area contributed by atoms with Crippen LogP contribution in [0.5, 0.6) is 0 Å². The molecular weight excluding hydrogens is 294 g/mol. The number of hydrogen-bond acceptors (Lipinski definition) is 5. The highest BCUT2D eigenvalue weighted by Crippen LogP contribution is 2.29. The summed E-state index contributed by atoms with van der Waals surface area (Å²) in [5, 5.41) is 19.0. The van der Waals surface area contributed by atoms with Gasteiger partial charge in [-0.2, -0.15) is 22.7 Å². The van der Waals surface area contributed by atoms with Gasteiger partial charge in [0.05, 0.1) is 5.92 Å². The zero-order chi connectivity index (χ0) is 13.9. The van der Waals surface area contributed by atoms with Crippen LogP contribution in [0.4, 0.5) is 5.82 Å². The summed E-state index contributed by atoms with van der Waals surface area (Å²) in [7, 11) is 0. The molecule has 7 heteroatoms. The smallest absolute Gasteiger partial charge is 0.358 e. The fourth-order valence-electron chi connectivity index (χ4n) is 2.09. The van der Waals surface area contributed by atoms with Crippen molar-refractivity contribution < 1.29 is 4.92 Å². The van der Waals surface area contributed by atoms with Crippen molar-refractivity contribution >= 4 is 28.5 Å². The SMILES string of the molecule is O=[N+]([O-])c1c[nH]c(C(Cc2ccsc2)c2ccsc2)n1. The fraction of sp³-hybridized carbons (Fsp3) is 0.154. The van der Waals surface area contributed by atoms with Crippen LogP contribution in [0, 0.1) is 10.1 Å². The molecule has 5 nitrogen and oxygen atoms in total. The molecule has 0 bridgehead atoms. The number of imidazole rings is 1. The van der Waals surface area contributed by atoms with Crippen LogP contribution in [0.25, 0.3) is 0 Å². The van der Waals surface area contributed by atoms with Gasteiger partial charge in [-0.1, -0.05) is 0 Å². The number of nitrogens with one attached hydrogen (secondary N) is 1. The number of rotatable bonds is 5. The van der Waals surface area contributed by atoms with Crippen LogP contribution >= 0.6 is 22.7 Å². The lowest BCUT2D eigenvalue weighted by molar-refractivity contribution is -0.389. The van der Waals surface area contributed by atoms with Crippen LogP contribution in [-0.2, 0) is 6.42 Å². The van der Waals surface area contributed by atoms with Gasteiger partial charge in [0.1, 0.15) is 6.20 Å². The summed E-state index contributed by atoms with van der Waals surface area (Å²) in [4.78, 5) is 17.3. The lowest BCUT2D eigenvalue weighted by Gasteiger charge is -2.09. The van der Waals surface area contributed by atoms with Gasteiger partial charge >= 0.3 is 5.82 Å². The van der Waals surface area contributed by atoms with E-state index in [0.717, 1.165) is 12.0 Å². The highest BCUT2D eigenvalue weighted by atomic mass is 32.1. The van der Waals surface area contributed by atoms with Gasteiger partial charge in [0.25, 0.3) is 0 Å². The van der Waals surface area contributed by atoms with E-state index in [-0.39, 0.29) is 11.7 Å². The summed E-state index contributed by atoms with van der Waals surface area (Å²) < 4.78 is 0. The van der Waals surface area contributed by atoms with Gasteiger partial charge < -0.3 is 15.1 Å². The Morgan fingerprint density at radius 1 is 1.30 bits per heavy atom. The largest absolute Gasteiger partial charge is 0.381 e. The van der Waals surface area contributed by atoms with Crippen molar-refractivity contribution in [3.05, 3.63) is 66.9 Å². The van der Waals surface area contributed by atoms with Crippen molar-refractivity contribution in [2.45, 2.75) is 12.3 Å². The summed E-state index contributed by atoms with van der Waals surface area (Å²) in [6.45, 7) is 0. The molecule has 1 unspecified atom stereocenters. The zero-order valence-electron chi connectivity index (χ0n) is 10.4. The van der Waals surface area contributed by atoms with Crippen LogP contribution in [-0.4, -0.2) is 14.9 Å². The quantitative estimate of drug-likeness (QED) is 0.575. The molecule has 3 rings (SSSR count). The van der Waals surface area contributed by atoms with Crippen molar-refractivity contribution in [1.29, 1.82) is 0 Å². The molecule has 0 fully saturated rings. The predicted molar refractivity (Wildman–Crippen MR) is 79.4 cm³/mol. The molecule has 0 aliphatic heterocycles. The highest BCUT2D eigenvalue weighted by Gasteiger charge is 2.25. The molecule has 0 aliphatic rings. The maximum Gasteiger partial charge on any atom is 0.381 e.